The summed E-state index contributed by atoms with van der Waals surface area (Å²) >= 11 is 0. The first-order valence-corrected chi connectivity index (χ1v) is 10.9. The van der Waals surface area contributed by atoms with Gasteiger partial charge in [-0.3, -0.25) is 9.59 Å². The molecule has 0 aromatic carbocycles. The molecule has 1 N–H and O–H groups in total. The van der Waals surface area contributed by atoms with Crippen LogP contribution in [0.25, 0.3) is 0 Å². The van der Waals surface area contributed by atoms with Crippen molar-refractivity contribution in [3.05, 3.63) is 12.2 Å². The normalized spacial score (nSPS) is 41.9. The highest BCUT2D eigenvalue weighted by atomic mass is 16.6. The minimum atomic E-state index is -1.22. The molecule has 3 fully saturated rings. The molecule has 8 unspecified atom stereocenters. The van der Waals surface area contributed by atoms with Gasteiger partial charge in [0.2, 0.25) is 0 Å². The van der Waals surface area contributed by atoms with Crippen LogP contribution in [0.15, 0.2) is 12.2 Å². The Labute approximate surface area is 183 Å². The van der Waals surface area contributed by atoms with Gasteiger partial charge in [-0.1, -0.05) is 27.4 Å². The van der Waals surface area contributed by atoms with Gasteiger partial charge >= 0.3 is 17.9 Å². The fraction of sp³-hybridized carbons (Fsp3) is 0.783. The van der Waals surface area contributed by atoms with Crippen molar-refractivity contribution in [2.75, 3.05) is 6.61 Å². The highest BCUT2D eigenvalue weighted by Crippen LogP contribution is 2.60. The van der Waals surface area contributed by atoms with Crippen LogP contribution in [0.2, 0.25) is 0 Å². The minimum absolute atomic E-state index is 0.208. The van der Waals surface area contributed by atoms with Crippen LogP contribution >= 0.6 is 0 Å². The molecule has 8 heteroatoms. The van der Waals surface area contributed by atoms with Crippen LogP contribution < -0.4 is 0 Å². The molecule has 0 amide bonds. The SMILES string of the molecule is C=C1C(=O)OC2C1C(OCC(C)C)C1C(C)(O)CCC(OC(C)=O)C1(C)C2OC(C)=O. The predicted molar refractivity (Wildman–Crippen MR) is 110 cm³/mol. The second kappa shape index (κ2) is 8.20. The fourth-order valence-corrected chi connectivity index (χ4v) is 5.89. The zero-order valence-corrected chi connectivity index (χ0v) is 19.2. The van der Waals surface area contributed by atoms with E-state index in [1.807, 2.05) is 20.8 Å². The van der Waals surface area contributed by atoms with Crippen LogP contribution in [0.4, 0.5) is 0 Å². The van der Waals surface area contributed by atoms with Gasteiger partial charge in [-0.15, -0.1) is 0 Å². The van der Waals surface area contributed by atoms with E-state index in [1.54, 1.807) is 6.92 Å². The van der Waals surface area contributed by atoms with Crippen LogP contribution in [0.5, 0.6) is 0 Å². The highest BCUT2D eigenvalue weighted by Gasteiger charge is 2.71. The van der Waals surface area contributed by atoms with E-state index >= 15 is 0 Å². The van der Waals surface area contributed by atoms with E-state index in [0.717, 1.165) is 0 Å². The molecule has 0 spiro atoms. The molecule has 0 aromatic rings. The highest BCUT2D eigenvalue weighted by molar-refractivity contribution is 5.91. The van der Waals surface area contributed by atoms with Crippen molar-refractivity contribution < 1.29 is 38.4 Å². The van der Waals surface area contributed by atoms with Crippen molar-refractivity contribution in [1.82, 2.24) is 0 Å². The zero-order chi connectivity index (χ0) is 23.3. The first kappa shape index (κ1) is 23.7. The Bertz CT molecular complexity index is 772. The lowest BCUT2D eigenvalue weighted by atomic mass is 9.49. The standard InChI is InChI=1S/C23H34O8/c1-11(2)10-28-17-16-12(3)21(26)31-18(16)20(30-14(5)25)23(7)15(29-13(4)24)8-9-22(6,27)19(17)23/h11,15-20,27H,3,8-10H2,1-2,4-7H3. The Morgan fingerprint density at radius 2 is 1.84 bits per heavy atom. The number of rotatable bonds is 5. The van der Waals surface area contributed by atoms with Crippen molar-refractivity contribution in [1.29, 1.82) is 0 Å². The Kier molecular flexibility index (Phi) is 6.28. The lowest BCUT2D eigenvalue weighted by molar-refractivity contribution is -0.284. The number of esters is 3. The average molecular weight is 439 g/mol. The second-order valence-electron chi connectivity index (χ2n) is 9.98. The van der Waals surface area contributed by atoms with E-state index in [2.05, 4.69) is 6.58 Å². The molecule has 2 aliphatic carbocycles. The Hall–Kier alpha value is -1.93. The number of carbonyl (C=O) groups excluding carboxylic acids is 3. The predicted octanol–water partition coefficient (Wildman–Crippen LogP) is 2.17. The van der Waals surface area contributed by atoms with E-state index in [4.69, 9.17) is 18.9 Å². The first-order chi connectivity index (χ1) is 14.3. The number of hydrogen-bond donors (Lipinski definition) is 1. The molecule has 1 saturated heterocycles. The molecule has 1 heterocycles. The van der Waals surface area contributed by atoms with Crippen molar-refractivity contribution in [3.63, 3.8) is 0 Å². The summed E-state index contributed by atoms with van der Waals surface area (Å²) < 4.78 is 23.4. The summed E-state index contributed by atoms with van der Waals surface area (Å²) in [6.07, 6.45) is -2.32. The van der Waals surface area contributed by atoms with E-state index < -0.39 is 65.2 Å². The van der Waals surface area contributed by atoms with Gasteiger partial charge in [0.25, 0.3) is 0 Å². The van der Waals surface area contributed by atoms with E-state index in [0.29, 0.717) is 19.4 Å². The molecule has 8 nitrogen and oxygen atoms in total. The summed E-state index contributed by atoms with van der Waals surface area (Å²) in [6.45, 7) is 14.5. The molecule has 174 valence electrons. The monoisotopic (exact) mass is 438 g/mol. The van der Waals surface area contributed by atoms with E-state index in [1.165, 1.54) is 13.8 Å². The molecule has 2 saturated carbocycles. The maximum Gasteiger partial charge on any atom is 0.334 e. The largest absolute Gasteiger partial charge is 0.462 e. The van der Waals surface area contributed by atoms with Crippen molar-refractivity contribution in [3.8, 4) is 0 Å². The summed E-state index contributed by atoms with van der Waals surface area (Å²) in [4.78, 5) is 36.5. The fourth-order valence-electron chi connectivity index (χ4n) is 5.89. The third-order valence-corrected chi connectivity index (χ3v) is 7.03. The van der Waals surface area contributed by atoms with E-state index in [-0.39, 0.29) is 11.5 Å². The third kappa shape index (κ3) is 4.00. The molecule has 0 radical (unpaired) electrons. The smallest absolute Gasteiger partial charge is 0.334 e. The van der Waals surface area contributed by atoms with Crippen LogP contribution in [0.1, 0.15) is 54.4 Å². The molecular formula is C23H34O8. The molecule has 8 atom stereocenters. The topological polar surface area (TPSA) is 108 Å². The first-order valence-electron chi connectivity index (χ1n) is 10.9. The Morgan fingerprint density at radius 3 is 2.39 bits per heavy atom. The maximum atomic E-state index is 12.5. The third-order valence-electron chi connectivity index (χ3n) is 7.03. The number of hydrogen-bond acceptors (Lipinski definition) is 8. The summed E-state index contributed by atoms with van der Waals surface area (Å²) in [7, 11) is 0. The second-order valence-corrected chi connectivity index (χ2v) is 9.98. The van der Waals surface area contributed by atoms with Gasteiger partial charge < -0.3 is 24.1 Å². The molecule has 1 aliphatic heterocycles. The summed E-state index contributed by atoms with van der Waals surface area (Å²) in [5.74, 6) is -2.57. The summed E-state index contributed by atoms with van der Waals surface area (Å²) in [6, 6.07) is 0. The van der Waals surface area contributed by atoms with Crippen LogP contribution in [0, 0.1) is 23.2 Å². The average Bonchev–Trinajstić information content (AvgIpc) is 2.92. The lowest BCUT2D eigenvalue weighted by Crippen LogP contribution is -2.72. The van der Waals surface area contributed by atoms with Gasteiger partial charge in [-0.05, 0) is 25.7 Å². The minimum Gasteiger partial charge on any atom is -0.462 e. The molecule has 3 aliphatic rings. The van der Waals surface area contributed by atoms with Crippen LogP contribution in [-0.2, 0) is 33.3 Å². The van der Waals surface area contributed by atoms with Crippen LogP contribution in [-0.4, -0.2) is 59.6 Å². The van der Waals surface area contributed by atoms with Gasteiger partial charge in [0, 0.05) is 31.9 Å². The van der Waals surface area contributed by atoms with E-state index in [9.17, 15) is 19.5 Å². The van der Waals surface area contributed by atoms with Crippen molar-refractivity contribution in [2.45, 2.75) is 84.4 Å². The maximum absolute atomic E-state index is 12.5. The van der Waals surface area contributed by atoms with Crippen molar-refractivity contribution in [2.24, 2.45) is 23.2 Å². The van der Waals surface area contributed by atoms with Crippen LogP contribution in [0.3, 0.4) is 0 Å². The number of fused-ring (bicyclic) bond motifs is 2. The van der Waals surface area contributed by atoms with Gasteiger partial charge in [-0.25, -0.2) is 4.79 Å². The van der Waals surface area contributed by atoms with Gasteiger partial charge in [0.15, 0.2) is 0 Å². The number of carbonyl (C=O) groups is 3. The number of ether oxygens (including phenoxy) is 4. The molecule has 0 aromatic heterocycles. The van der Waals surface area contributed by atoms with Gasteiger partial charge in [-0.2, -0.15) is 0 Å². The van der Waals surface area contributed by atoms with Gasteiger partial charge in [0.1, 0.15) is 18.3 Å². The summed E-state index contributed by atoms with van der Waals surface area (Å²) in [5, 5.41) is 11.5. The molecular weight excluding hydrogens is 404 g/mol. The quantitative estimate of drug-likeness (QED) is 0.395. The molecule has 3 rings (SSSR count). The number of aliphatic hydroxyl groups is 1. The Morgan fingerprint density at radius 1 is 1.23 bits per heavy atom. The molecule has 0 bridgehead atoms. The zero-order valence-electron chi connectivity index (χ0n) is 19.2. The van der Waals surface area contributed by atoms with Crippen molar-refractivity contribution >= 4 is 17.9 Å². The Balaban J connectivity index is 2.19. The summed E-state index contributed by atoms with van der Waals surface area (Å²) in [5.41, 5.74) is -2.03. The lowest BCUT2D eigenvalue weighted by Gasteiger charge is -2.62. The van der Waals surface area contributed by atoms with Gasteiger partial charge in [0.05, 0.1) is 23.0 Å². The molecule has 31 heavy (non-hydrogen) atoms.